The van der Waals surface area contributed by atoms with Crippen molar-refractivity contribution in [3.8, 4) is 0 Å². The molecule has 27 heavy (non-hydrogen) atoms. The highest BCUT2D eigenvalue weighted by Gasteiger charge is 2.26. The largest absolute Gasteiger partial charge is 0.481 e. The summed E-state index contributed by atoms with van der Waals surface area (Å²) < 4.78 is 6.83. The quantitative estimate of drug-likeness (QED) is 0.841. The Morgan fingerprint density at radius 3 is 2.74 bits per heavy atom. The van der Waals surface area contributed by atoms with Gasteiger partial charge in [0.15, 0.2) is 0 Å². The summed E-state index contributed by atoms with van der Waals surface area (Å²) in [6.45, 7) is 1.11. The number of pyridine rings is 1. The lowest BCUT2D eigenvalue weighted by Gasteiger charge is -2.32. The summed E-state index contributed by atoms with van der Waals surface area (Å²) in [7, 11) is 0. The first-order valence-electron chi connectivity index (χ1n) is 8.50. The molecule has 1 unspecified atom stereocenters. The van der Waals surface area contributed by atoms with E-state index in [-0.39, 0.29) is 37.6 Å². The zero-order valence-corrected chi connectivity index (χ0v) is 15.3. The van der Waals surface area contributed by atoms with Crippen LogP contribution in [0.3, 0.4) is 0 Å². The molecule has 1 saturated heterocycles. The fourth-order valence-electron chi connectivity index (χ4n) is 3.00. The Hall–Kier alpha value is -2.64. The third-order valence-electron chi connectivity index (χ3n) is 4.36. The molecule has 0 radical (unpaired) electrons. The fraction of sp³-hybridized carbons (Fsp3) is 0.316. The van der Waals surface area contributed by atoms with E-state index in [4.69, 9.17) is 21.4 Å². The second-order valence-corrected chi connectivity index (χ2v) is 6.72. The van der Waals surface area contributed by atoms with E-state index in [9.17, 15) is 14.4 Å². The van der Waals surface area contributed by atoms with Crippen LogP contribution in [0.2, 0.25) is 5.02 Å². The van der Waals surface area contributed by atoms with E-state index in [1.807, 2.05) is 12.1 Å². The lowest BCUT2D eigenvalue weighted by molar-refractivity contribution is -0.141. The standard InChI is InChI=1S/C19H19ClN2O5/c20-16-4-2-1-3-13(16)10-22-11-14(5-6-17(22)23)19(26)21-7-8-27-15(12-21)9-18(24)25/h1-6,11,15H,7-10,12H2,(H,24,25). The maximum atomic E-state index is 12.8. The van der Waals surface area contributed by atoms with Gasteiger partial charge in [-0.15, -0.1) is 0 Å². The lowest BCUT2D eigenvalue weighted by atomic mass is 10.1. The lowest BCUT2D eigenvalue weighted by Crippen LogP contribution is -2.46. The van der Waals surface area contributed by atoms with E-state index < -0.39 is 12.1 Å². The number of carboxylic acid groups (broad SMARTS) is 1. The van der Waals surface area contributed by atoms with Crippen molar-refractivity contribution in [3.05, 3.63) is 69.1 Å². The molecule has 1 amide bonds. The summed E-state index contributed by atoms with van der Waals surface area (Å²) in [5.41, 5.74) is 0.897. The first kappa shape index (κ1) is 19.1. The number of ether oxygens (including phenoxy) is 1. The maximum Gasteiger partial charge on any atom is 0.306 e. The Bertz CT molecular complexity index is 911. The first-order chi connectivity index (χ1) is 12.9. The number of carboxylic acids is 1. The molecule has 1 N–H and O–H groups in total. The Labute approximate surface area is 160 Å². The van der Waals surface area contributed by atoms with E-state index in [0.717, 1.165) is 5.56 Å². The van der Waals surface area contributed by atoms with Gasteiger partial charge in [-0.2, -0.15) is 0 Å². The normalized spacial score (nSPS) is 16.9. The van der Waals surface area contributed by atoms with Crippen LogP contribution in [0.4, 0.5) is 0 Å². The van der Waals surface area contributed by atoms with Gasteiger partial charge in [0.25, 0.3) is 11.5 Å². The molecule has 2 heterocycles. The summed E-state index contributed by atoms with van der Waals surface area (Å²) in [6, 6.07) is 10.0. The summed E-state index contributed by atoms with van der Waals surface area (Å²) in [5.74, 6) is -1.23. The van der Waals surface area contributed by atoms with Crippen molar-refractivity contribution >= 4 is 23.5 Å². The average Bonchev–Trinajstić information content (AvgIpc) is 2.64. The molecule has 2 aromatic rings. The number of morpholine rings is 1. The van der Waals surface area contributed by atoms with Crippen LogP contribution in [0.5, 0.6) is 0 Å². The SMILES string of the molecule is O=C(O)CC1CN(C(=O)c2ccc(=O)n(Cc3ccccc3Cl)c2)CCO1. The van der Waals surface area contributed by atoms with E-state index in [1.165, 1.54) is 22.9 Å². The minimum atomic E-state index is -0.970. The van der Waals surface area contributed by atoms with Crippen LogP contribution in [0.25, 0.3) is 0 Å². The van der Waals surface area contributed by atoms with Crippen LogP contribution in [-0.4, -0.2) is 52.3 Å². The van der Waals surface area contributed by atoms with E-state index in [1.54, 1.807) is 17.0 Å². The number of amides is 1. The van der Waals surface area contributed by atoms with Gasteiger partial charge in [-0.3, -0.25) is 14.4 Å². The monoisotopic (exact) mass is 390 g/mol. The van der Waals surface area contributed by atoms with Crippen molar-refractivity contribution in [2.24, 2.45) is 0 Å². The van der Waals surface area contributed by atoms with E-state index >= 15 is 0 Å². The summed E-state index contributed by atoms with van der Waals surface area (Å²) in [6.07, 6.45) is 0.820. The number of rotatable bonds is 5. The van der Waals surface area contributed by atoms with Crippen LogP contribution < -0.4 is 5.56 Å². The van der Waals surface area contributed by atoms with Gasteiger partial charge >= 0.3 is 5.97 Å². The maximum absolute atomic E-state index is 12.8. The van der Waals surface area contributed by atoms with Gasteiger partial charge in [-0.1, -0.05) is 29.8 Å². The third kappa shape index (κ3) is 4.75. The molecule has 7 nitrogen and oxygen atoms in total. The summed E-state index contributed by atoms with van der Waals surface area (Å²) in [4.78, 5) is 37.4. The van der Waals surface area contributed by atoms with Gasteiger partial charge in [-0.05, 0) is 17.7 Å². The highest BCUT2D eigenvalue weighted by molar-refractivity contribution is 6.31. The first-order valence-corrected chi connectivity index (χ1v) is 8.88. The molecule has 0 saturated carbocycles. The van der Waals surface area contributed by atoms with Crippen LogP contribution in [0.1, 0.15) is 22.3 Å². The molecule has 142 valence electrons. The van der Waals surface area contributed by atoms with Crippen molar-refractivity contribution in [1.82, 2.24) is 9.47 Å². The molecule has 0 aliphatic carbocycles. The number of halogens is 1. The minimum Gasteiger partial charge on any atom is -0.481 e. The van der Waals surface area contributed by atoms with Gasteiger partial charge in [0.2, 0.25) is 0 Å². The van der Waals surface area contributed by atoms with E-state index in [0.29, 0.717) is 17.1 Å². The van der Waals surface area contributed by atoms with Crippen LogP contribution in [-0.2, 0) is 16.1 Å². The molecule has 1 aliphatic heterocycles. The molecule has 3 rings (SSSR count). The molecule has 1 aliphatic rings. The van der Waals surface area contributed by atoms with Crippen molar-refractivity contribution < 1.29 is 19.4 Å². The Morgan fingerprint density at radius 2 is 2.00 bits per heavy atom. The van der Waals surface area contributed by atoms with Gasteiger partial charge in [0.1, 0.15) is 0 Å². The number of benzene rings is 1. The fourth-order valence-corrected chi connectivity index (χ4v) is 3.19. The molecule has 0 bridgehead atoms. The zero-order valence-electron chi connectivity index (χ0n) is 14.5. The number of carbonyl (C=O) groups excluding carboxylic acids is 1. The summed E-state index contributed by atoms with van der Waals surface area (Å²) in [5, 5.41) is 9.45. The summed E-state index contributed by atoms with van der Waals surface area (Å²) >= 11 is 6.16. The highest BCUT2D eigenvalue weighted by atomic mass is 35.5. The van der Waals surface area contributed by atoms with Crippen LogP contribution in [0.15, 0.2) is 47.4 Å². The molecule has 1 atom stereocenters. The molecular weight excluding hydrogens is 372 g/mol. The van der Waals surface area contributed by atoms with Crippen molar-refractivity contribution in [1.29, 1.82) is 0 Å². The third-order valence-corrected chi connectivity index (χ3v) is 4.73. The molecule has 0 spiro atoms. The number of nitrogens with zero attached hydrogens (tertiary/aromatic N) is 2. The number of carbonyl (C=O) groups is 2. The van der Waals surface area contributed by atoms with E-state index in [2.05, 4.69) is 0 Å². The topological polar surface area (TPSA) is 88.8 Å². The number of aliphatic carboxylic acids is 1. The van der Waals surface area contributed by atoms with Crippen molar-refractivity contribution in [2.45, 2.75) is 19.1 Å². The average molecular weight is 391 g/mol. The molecular formula is C19H19ClN2O5. The van der Waals surface area contributed by atoms with Crippen molar-refractivity contribution in [3.63, 3.8) is 0 Å². The van der Waals surface area contributed by atoms with Gasteiger partial charge in [0, 0.05) is 30.4 Å². The second-order valence-electron chi connectivity index (χ2n) is 6.32. The van der Waals surface area contributed by atoms with Gasteiger partial charge in [-0.25, -0.2) is 0 Å². The number of aromatic nitrogens is 1. The zero-order chi connectivity index (χ0) is 19.4. The second kappa shape index (κ2) is 8.37. The molecule has 8 heteroatoms. The molecule has 1 fully saturated rings. The highest BCUT2D eigenvalue weighted by Crippen LogP contribution is 2.16. The molecule has 1 aromatic carbocycles. The predicted octanol–water partition coefficient (Wildman–Crippen LogP) is 1.87. The van der Waals surface area contributed by atoms with Crippen LogP contribution in [0, 0.1) is 0 Å². The van der Waals surface area contributed by atoms with Gasteiger partial charge < -0.3 is 19.3 Å². The molecule has 1 aromatic heterocycles. The van der Waals surface area contributed by atoms with Crippen LogP contribution >= 0.6 is 11.6 Å². The Morgan fingerprint density at radius 1 is 1.22 bits per heavy atom. The smallest absolute Gasteiger partial charge is 0.306 e. The predicted molar refractivity (Wildman–Crippen MR) is 99.2 cm³/mol. The number of hydrogen-bond donors (Lipinski definition) is 1. The van der Waals surface area contributed by atoms with Gasteiger partial charge in [0.05, 0.1) is 31.2 Å². The number of hydrogen-bond acceptors (Lipinski definition) is 4. The minimum absolute atomic E-state index is 0.157. The van der Waals surface area contributed by atoms with Crippen molar-refractivity contribution in [2.75, 3.05) is 19.7 Å². The Kier molecular flexibility index (Phi) is 5.93. The Balaban J connectivity index is 1.78.